The van der Waals surface area contributed by atoms with Crippen molar-refractivity contribution in [3.05, 3.63) is 30.1 Å². The van der Waals surface area contributed by atoms with Crippen LogP contribution in [0.25, 0.3) is 0 Å². The van der Waals surface area contributed by atoms with Crippen LogP contribution in [0.2, 0.25) is 0 Å². The lowest BCUT2D eigenvalue weighted by Gasteiger charge is -2.32. The van der Waals surface area contributed by atoms with Gasteiger partial charge in [-0.25, -0.2) is 9.18 Å². The Labute approximate surface area is 167 Å². The Morgan fingerprint density at radius 2 is 1.61 bits per heavy atom. The second-order valence-electron chi connectivity index (χ2n) is 8.20. The van der Waals surface area contributed by atoms with Crippen LogP contribution in [0, 0.1) is 17.7 Å². The third kappa shape index (κ3) is 6.50. The summed E-state index contributed by atoms with van der Waals surface area (Å²) in [6.45, 7) is 2.16. The molecule has 1 saturated carbocycles. The van der Waals surface area contributed by atoms with Crippen LogP contribution in [-0.4, -0.2) is 36.5 Å². The molecule has 3 amide bonds. The summed E-state index contributed by atoms with van der Waals surface area (Å²) in [4.78, 5) is 26.1. The second-order valence-corrected chi connectivity index (χ2v) is 8.20. The maximum absolute atomic E-state index is 12.9. The molecule has 3 rings (SSSR count). The molecule has 0 spiro atoms. The lowest BCUT2D eigenvalue weighted by atomic mass is 9.93. The molecule has 0 atom stereocenters. The fourth-order valence-corrected chi connectivity index (χ4v) is 4.30. The number of halogens is 1. The van der Waals surface area contributed by atoms with Gasteiger partial charge in [-0.15, -0.1) is 0 Å². The van der Waals surface area contributed by atoms with Crippen LogP contribution in [0.5, 0.6) is 0 Å². The maximum atomic E-state index is 12.9. The van der Waals surface area contributed by atoms with Crippen LogP contribution in [0.3, 0.4) is 0 Å². The molecule has 6 heteroatoms. The fraction of sp³-hybridized carbons (Fsp3) is 0.636. The van der Waals surface area contributed by atoms with E-state index in [1.165, 1.54) is 37.8 Å². The van der Waals surface area contributed by atoms with Crippen molar-refractivity contribution in [2.24, 2.45) is 11.8 Å². The Morgan fingerprint density at radius 1 is 0.964 bits per heavy atom. The molecule has 2 N–H and O–H groups in total. The molecule has 5 nitrogen and oxygen atoms in total. The van der Waals surface area contributed by atoms with Crippen molar-refractivity contribution < 1.29 is 14.0 Å². The van der Waals surface area contributed by atoms with Crippen LogP contribution in [0.15, 0.2) is 24.3 Å². The SMILES string of the molecule is O=C(CCC1CCCC1)NCCC1CCN(C(=O)Nc2ccc(F)cc2)CC1. The molecule has 2 aliphatic rings. The van der Waals surface area contributed by atoms with E-state index >= 15 is 0 Å². The lowest BCUT2D eigenvalue weighted by molar-refractivity contribution is -0.121. The Hall–Kier alpha value is -2.11. The Kier molecular flexibility index (Phi) is 7.69. The summed E-state index contributed by atoms with van der Waals surface area (Å²) in [6.07, 6.45) is 9.81. The smallest absolute Gasteiger partial charge is 0.321 e. The summed E-state index contributed by atoms with van der Waals surface area (Å²) < 4.78 is 12.9. The zero-order chi connectivity index (χ0) is 19.8. The van der Waals surface area contributed by atoms with E-state index in [1.54, 1.807) is 17.0 Å². The molecular weight excluding hydrogens is 357 g/mol. The van der Waals surface area contributed by atoms with E-state index in [4.69, 9.17) is 0 Å². The van der Waals surface area contributed by atoms with Crippen LogP contribution < -0.4 is 10.6 Å². The molecular formula is C22H32FN3O2. The van der Waals surface area contributed by atoms with Crippen molar-refractivity contribution in [3.8, 4) is 0 Å². The van der Waals surface area contributed by atoms with E-state index in [-0.39, 0.29) is 17.8 Å². The minimum absolute atomic E-state index is 0.134. The minimum Gasteiger partial charge on any atom is -0.356 e. The highest BCUT2D eigenvalue weighted by Gasteiger charge is 2.23. The van der Waals surface area contributed by atoms with Gasteiger partial charge in [-0.05, 0) is 61.8 Å². The highest BCUT2D eigenvalue weighted by Crippen LogP contribution is 2.28. The molecule has 1 aliphatic carbocycles. The van der Waals surface area contributed by atoms with Crippen molar-refractivity contribution in [2.75, 3.05) is 25.0 Å². The summed E-state index contributed by atoms with van der Waals surface area (Å²) >= 11 is 0. The van der Waals surface area contributed by atoms with Crippen molar-refractivity contribution in [2.45, 2.75) is 57.8 Å². The number of carbonyl (C=O) groups is 2. The number of urea groups is 1. The molecule has 1 aliphatic heterocycles. The van der Waals surface area contributed by atoms with Gasteiger partial charge in [0.05, 0.1) is 0 Å². The number of piperidine rings is 1. The number of benzene rings is 1. The number of hydrogen-bond acceptors (Lipinski definition) is 2. The van der Waals surface area contributed by atoms with Gasteiger partial charge in [-0.3, -0.25) is 4.79 Å². The number of carbonyl (C=O) groups excluding carboxylic acids is 2. The zero-order valence-electron chi connectivity index (χ0n) is 16.6. The van der Waals surface area contributed by atoms with Crippen molar-refractivity contribution in [1.29, 1.82) is 0 Å². The molecule has 1 heterocycles. The van der Waals surface area contributed by atoms with E-state index in [2.05, 4.69) is 10.6 Å². The third-order valence-electron chi connectivity index (χ3n) is 6.13. The lowest BCUT2D eigenvalue weighted by Crippen LogP contribution is -2.41. The predicted molar refractivity (Wildman–Crippen MR) is 109 cm³/mol. The van der Waals surface area contributed by atoms with Crippen molar-refractivity contribution >= 4 is 17.6 Å². The van der Waals surface area contributed by atoms with E-state index in [0.29, 0.717) is 31.1 Å². The van der Waals surface area contributed by atoms with Gasteiger partial charge in [-0.1, -0.05) is 25.7 Å². The van der Waals surface area contributed by atoms with Gasteiger partial charge < -0.3 is 15.5 Å². The van der Waals surface area contributed by atoms with Gasteiger partial charge in [0.1, 0.15) is 5.82 Å². The average Bonchev–Trinajstić information content (AvgIpc) is 3.22. The highest BCUT2D eigenvalue weighted by atomic mass is 19.1. The van der Waals surface area contributed by atoms with Gasteiger partial charge in [0.15, 0.2) is 0 Å². The first kappa shape index (κ1) is 20.6. The number of nitrogens with one attached hydrogen (secondary N) is 2. The van der Waals surface area contributed by atoms with E-state index in [0.717, 1.165) is 38.1 Å². The summed E-state index contributed by atoms with van der Waals surface area (Å²) in [7, 11) is 0. The molecule has 2 fully saturated rings. The summed E-state index contributed by atoms with van der Waals surface area (Å²) in [5.74, 6) is 1.17. The number of nitrogens with zero attached hydrogens (tertiary/aromatic N) is 1. The van der Waals surface area contributed by atoms with Crippen LogP contribution in [0.4, 0.5) is 14.9 Å². The van der Waals surface area contributed by atoms with Crippen LogP contribution in [-0.2, 0) is 4.79 Å². The van der Waals surface area contributed by atoms with E-state index in [1.807, 2.05) is 0 Å². The van der Waals surface area contributed by atoms with Crippen molar-refractivity contribution in [1.82, 2.24) is 10.2 Å². The molecule has 1 aromatic rings. The number of rotatable bonds is 7. The van der Waals surface area contributed by atoms with E-state index < -0.39 is 0 Å². The first-order valence-electron chi connectivity index (χ1n) is 10.7. The molecule has 0 unspecified atom stereocenters. The van der Waals surface area contributed by atoms with Gasteiger partial charge in [0.2, 0.25) is 5.91 Å². The van der Waals surface area contributed by atoms with Gasteiger partial charge in [0, 0.05) is 31.7 Å². The van der Waals surface area contributed by atoms with E-state index in [9.17, 15) is 14.0 Å². The molecule has 28 heavy (non-hydrogen) atoms. The molecule has 1 saturated heterocycles. The summed E-state index contributed by atoms with van der Waals surface area (Å²) in [5, 5.41) is 5.87. The maximum Gasteiger partial charge on any atom is 0.321 e. The monoisotopic (exact) mass is 389 g/mol. The highest BCUT2D eigenvalue weighted by molar-refractivity contribution is 5.89. The number of anilines is 1. The largest absolute Gasteiger partial charge is 0.356 e. The molecule has 1 aromatic carbocycles. The predicted octanol–water partition coefficient (Wildman–Crippen LogP) is 4.55. The second kappa shape index (κ2) is 10.4. The number of amides is 3. The number of hydrogen-bond donors (Lipinski definition) is 2. The van der Waals surface area contributed by atoms with Crippen LogP contribution in [0.1, 0.15) is 57.8 Å². The molecule has 0 bridgehead atoms. The normalized spacial score (nSPS) is 18.2. The first-order valence-corrected chi connectivity index (χ1v) is 10.7. The quantitative estimate of drug-likeness (QED) is 0.719. The molecule has 0 aromatic heterocycles. The zero-order valence-corrected chi connectivity index (χ0v) is 16.6. The number of likely N-dealkylation sites (tertiary alicyclic amines) is 1. The van der Waals surface area contributed by atoms with Gasteiger partial charge in [0.25, 0.3) is 0 Å². The van der Waals surface area contributed by atoms with Crippen molar-refractivity contribution in [3.63, 3.8) is 0 Å². The molecule has 0 radical (unpaired) electrons. The van der Waals surface area contributed by atoms with Gasteiger partial charge >= 0.3 is 6.03 Å². The third-order valence-corrected chi connectivity index (χ3v) is 6.13. The van der Waals surface area contributed by atoms with Gasteiger partial charge in [-0.2, -0.15) is 0 Å². The summed E-state index contributed by atoms with van der Waals surface area (Å²) in [6, 6.07) is 5.67. The Morgan fingerprint density at radius 3 is 2.29 bits per heavy atom. The Bertz CT molecular complexity index is 636. The topological polar surface area (TPSA) is 61.4 Å². The minimum atomic E-state index is -0.315. The molecule has 154 valence electrons. The average molecular weight is 390 g/mol. The van der Waals surface area contributed by atoms with Crippen LogP contribution >= 0.6 is 0 Å². The Balaban J connectivity index is 1.27. The standard InChI is InChI=1S/C22H32FN3O2/c23-19-6-8-20(9-7-19)25-22(28)26-15-12-18(13-16-26)11-14-24-21(27)10-5-17-3-1-2-4-17/h6-9,17-18H,1-5,10-16H2,(H,24,27)(H,25,28). The first-order chi connectivity index (χ1) is 13.6. The fourth-order valence-electron chi connectivity index (χ4n) is 4.30. The summed E-state index contributed by atoms with van der Waals surface area (Å²) in [5.41, 5.74) is 0.605.